The highest BCUT2D eigenvalue weighted by atomic mass is 16.5. The first-order valence-electron chi connectivity index (χ1n) is 8.43. The second-order valence-corrected chi connectivity index (χ2v) is 7.55. The van der Waals surface area contributed by atoms with Crippen molar-refractivity contribution in [2.75, 3.05) is 6.61 Å². The van der Waals surface area contributed by atoms with Gasteiger partial charge in [0.15, 0.2) is 0 Å². The van der Waals surface area contributed by atoms with Crippen molar-refractivity contribution < 1.29 is 9.53 Å². The van der Waals surface area contributed by atoms with Gasteiger partial charge in [0.1, 0.15) is 5.78 Å². The van der Waals surface area contributed by atoms with E-state index >= 15 is 0 Å². The van der Waals surface area contributed by atoms with Gasteiger partial charge in [0.05, 0.1) is 12.7 Å². The molecule has 4 fully saturated rings. The fourth-order valence-corrected chi connectivity index (χ4v) is 5.97. The Morgan fingerprint density at radius 1 is 1.00 bits per heavy atom. The maximum Gasteiger partial charge on any atom is 0.133 e. The lowest BCUT2D eigenvalue weighted by atomic mass is 9.51. The fraction of sp³-hybridized carbons (Fsp3) is 0.941. The van der Waals surface area contributed by atoms with E-state index in [0.717, 1.165) is 31.3 Å². The zero-order chi connectivity index (χ0) is 12.9. The summed E-state index contributed by atoms with van der Waals surface area (Å²) in [4.78, 5) is 12.3. The Bertz CT molecular complexity index is 371. The van der Waals surface area contributed by atoms with Crippen LogP contribution in [0.1, 0.15) is 64.2 Å². The zero-order valence-corrected chi connectivity index (χ0v) is 11.9. The molecule has 0 N–H and O–H groups in total. The lowest BCUT2D eigenvalue weighted by molar-refractivity contribution is -0.132. The summed E-state index contributed by atoms with van der Waals surface area (Å²) < 4.78 is 6.22. The number of Topliss-reactive ketones (excluding diaryl/α,β-unsaturated/α-hetero) is 1. The van der Waals surface area contributed by atoms with E-state index in [1.54, 1.807) is 0 Å². The molecule has 1 aliphatic heterocycles. The van der Waals surface area contributed by atoms with Crippen molar-refractivity contribution in [3.63, 3.8) is 0 Å². The molecule has 0 aromatic carbocycles. The van der Waals surface area contributed by atoms with Crippen LogP contribution in [0.3, 0.4) is 0 Å². The third-order valence-corrected chi connectivity index (χ3v) is 6.64. The number of ketones is 1. The molecule has 2 heteroatoms. The number of carbonyl (C=O) groups is 1. The molecule has 0 unspecified atom stereocenters. The number of ether oxygens (including phenoxy) is 1. The van der Waals surface area contributed by atoms with Crippen LogP contribution in [0.5, 0.6) is 0 Å². The maximum absolute atomic E-state index is 12.3. The summed E-state index contributed by atoms with van der Waals surface area (Å²) in [6.45, 7) is 0.898. The van der Waals surface area contributed by atoms with Crippen molar-refractivity contribution in [1.82, 2.24) is 0 Å². The van der Waals surface area contributed by atoms with Crippen LogP contribution < -0.4 is 0 Å². The average molecular weight is 262 g/mol. The van der Waals surface area contributed by atoms with E-state index in [9.17, 15) is 4.79 Å². The molecule has 1 saturated heterocycles. The van der Waals surface area contributed by atoms with Crippen LogP contribution in [0.4, 0.5) is 0 Å². The van der Waals surface area contributed by atoms with E-state index in [-0.39, 0.29) is 5.41 Å². The van der Waals surface area contributed by atoms with Gasteiger partial charge in [-0.3, -0.25) is 4.79 Å². The van der Waals surface area contributed by atoms with Gasteiger partial charge in [-0.15, -0.1) is 0 Å². The lowest BCUT2D eigenvalue weighted by Gasteiger charge is -2.50. The molecule has 0 amide bonds. The normalized spacial score (nSPS) is 47.2. The minimum Gasteiger partial charge on any atom is -0.377 e. The first kappa shape index (κ1) is 12.4. The molecular weight excluding hydrogens is 236 g/mol. The highest BCUT2D eigenvalue weighted by Gasteiger charge is 2.60. The minimum atomic E-state index is 0.255. The molecule has 0 radical (unpaired) electrons. The second kappa shape index (κ2) is 4.58. The molecule has 2 nitrogen and oxygen atoms in total. The summed E-state index contributed by atoms with van der Waals surface area (Å²) in [5, 5.41) is 0. The lowest BCUT2D eigenvalue weighted by Crippen LogP contribution is -2.50. The molecule has 0 spiro atoms. The van der Waals surface area contributed by atoms with Crippen molar-refractivity contribution in [2.45, 2.75) is 70.3 Å². The Labute approximate surface area is 116 Å². The van der Waals surface area contributed by atoms with E-state index < -0.39 is 0 Å². The number of hydrogen-bond donors (Lipinski definition) is 0. The van der Waals surface area contributed by atoms with Crippen molar-refractivity contribution in [1.29, 1.82) is 0 Å². The molecule has 0 bridgehead atoms. The summed E-state index contributed by atoms with van der Waals surface area (Å²) in [6, 6.07) is 0. The largest absolute Gasteiger partial charge is 0.377 e. The van der Waals surface area contributed by atoms with E-state index in [2.05, 4.69) is 0 Å². The summed E-state index contributed by atoms with van der Waals surface area (Å²) in [5.41, 5.74) is 0.255. The summed E-state index contributed by atoms with van der Waals surface area (Å²) >= 11 is 0. The second-order valence-electron chi connectivity index (χ2n) is 7.55. The SMILES string of the molecule is O=C1C[C@@H]2CCC[C@@H]3OC[C@](C4CCCCC4)(C1)[C@H]23. The monoisotopic (exact) mass is 262 g/mol. The Morgan fingerprint density at radius 3 is 2.68 bits per heavy atom. The number of rotatable bonds is 1. The third-order valence-electron chi connectivity index (χ3n) is 6.64. The van der Waals surface area contributed by atoms with Gasteiger partial charge < -0.3 is 4.74 Å². The standard InChI is InChI=1S/C17H26O2/c18-14-9-12-5-4-8-15-16(12)17(10-14,11-19-15)13-6-2-1-3-7-13/h12-13,15-16H,1-11H2/t12-,15-,16+,17-/m0/s1. The molecule has 1 heterocycles. The predicted molar refractivity (Wildman–Crippen MR) is 73.8 cm³/mol. The molecule has 0 aromatic rings. The van der Waals surface area contributed by atoms with Crippen LogP contribution in [0.2, 0.25) is 0 Å². The van der Waals surface area contributed by atoms with Crippen molar-refractivity contribution in [3.05, 3.63) is 0 Å². The molecule has 19 heavy (non-hydrogen) atoms. The number of hydrogen-bond acceptors (Lipinski definition) is 2. The Balaban J connectivity index is 1.68. The molecule has 4 atom stereocenters. The van der Waals surface area contributed by atoms with Gasteiger partial charge >= 0.3 is 0 Å². The highest BCUT2D eigenvalue weighted by Crippen LogP contribution is 2.60. The van der Waals surface area contributed by atoms with Gasteiger partial charge in [-0.2, -0.15) is 0 Å². The first-order valence-corrected chi connectivity index (χ1v) is 8.43. The van der Waals surface area contributed by atoms with Crippen LogP contribution in [-0.2, 0) is 9.53 Å². The zero-order valence-electron chi connectivity index (χ0n) is 11.9. The molecule has 4 rings (SSSR count). The Morgan fingerprint density at radius 2 is 1.84 bits per heavy atom. The quantitative estimate of drug-likeness (QED) is 0.719. The Kier molecular flexibility index (Phi) is 2.98. The topological polar surface area (TPSA) is 26.3 Å². The van der Waals surface area contributed by atoms with Crippen LogP contribution in [0.25, 0.3) is 0 Å². The average Bonchev–Trinajstić information content (AvgIpc) is 2.82. The molecule has 4 aliphatic rings. The molecule has 3 saturated carbocycles. The van der Waals surface area contributed by atoms with Crippen LogP contribution in [-0.4, -0.2) is 18.5 Å². The van der Waals surface area contributed by atoms with E-state index in [0.29, 0.717) is 17.8 Å². The fourth-order valence-electron chi connectivity index (χ4n) is 5.97. The Hall–Kier alpha value is -0.370. The molecular formula is C17H26O2. The van der Waals surface area contributed by atoms with Crippen LogP contribution in [0.15, 0.2) is 0 Å². The van der Waals surface area contributed by atoms with Crippen LogP contribution in [0, 0.1) is 23.2 Å². The maximum atomic E-state index is 12.3. The van der Waals surface area contributed by atoms with Gasteiger partial charge in [0, 0.05) is 18.3 Å². The van der Waals surface area contributed by atoms with Gasteiger partial charge in [-0.25, -0.2) is 0 Å². The van der Waals surface area contributed by atoms with Gasteiger partial charge in [-0.05, 0) is 43.4 Å². The molecule has 3 aliphatic carbocycles. The first-order chi connectivity index (χ1) is 9.29. The van der Waals surface area contributed by atoms with E-state index in [4.69, 9.17) is 4.74 Å². The van der Waals surface area contributed by atoms with E-state index in [1.165, 1.54) is 51.4 Å². The minimum absolute atomic E-state index is 0.255. The van der Waals surface area contributed by atoms with Crippen molar-refractivity contribution >= 4 is 5.78 Å². The van der Waals surface area contributed by atoms with Gasteiger partial charge in [0.2, 0.25) is 0 Å². The number of carbonyl (C=O) groups excluding carboxylic acids is 1. The summed E-state index contributed by atoms with van der Waals surface area (Å²) in [7, 11) is 0. The van der Waals surface area contributed by atoms with E-state index in [1.807, 2.05) is 0 Å². The summed E-state index contributed by atoms with van der Waals surface area (Å²) in [6.07, 6.45) is 12.9. The van der Waals surface area contributed by atoms with Crippen LogP contribution >= 0.6 is 0 Å². The third kappa shape index (κ3) is 1.82. The van der Waals surface area contributed by atoms with Gasteiger partial charge in [0.25, 0.3) is 0 Å². The summed E-state index contributed by atoms with van der Waals surface area (Å²) in [5.74, 6) is 2.70. The van der Waals surface area contributed by atoms with Crippen molar-refractivity contribution in [2.24, 2.45) is 23.2 Å². The molecule has 0 aromatic heterocycles. The smallest absolute Gasteiger partial charge is 0.133 e. The predicted octanol–water partition coefficient (Wildman–Crippen LogP) is 3.73. The highest BCUT2D eigenvalue weighted by molar-refractivity contribution is 5.80. The van der Waals surface area contributed by atoms with Crippen molar-refractivity contribution in [3.8, 4) is 0 Å². The molecule has 106 valence electrons. The van der Waals surface area contributed by atoms with Gasteiger partial charge in [-0.1, -0.05) is 25.7 Å².